The summed E-state index contributed by atoms with van der Waals surface area (Å²) >= 11 is 0. The van der Waals surface area contributed by atoms with Gasteiger partial charge in [-0.05, 0) is 32.2 Å². The normalized spacial score (nSPS) is 36.2. The molecule has 2 rings (SSSR count). The van der Waals surface area contributed by atoms with Gasteiger partial charge in [0.25, 0.3) is 0 Å². The third-order valence-corrected chi connectivity index (χ3v) is 2.98. The number of nitrogens with one attached hydrogen (secondary N) is 3. The molecule has 1 aliphatic heterocycles. The molecule has 0 aromatic carbocycles. The van der Waals surface area contributed by atoms with Crippen LogP contribution in [-0.2, 0) is 0 Å². The fraction of sp³-hybridized carbons (Fsp3) is 0.889. The maximum atomic E-state index is 11.2. The lowest BCUT2D eigenvalue weighted by Gasteiger charge is -2.23. The Bertz CT molecular complexity index is 207. The summed E-state index contributed by atoms with van der Waals surface area (Å²) in [5.41, 5.74) is 0. The van der Waals surface area contributed by atoms with Crippen LogP contribution in [0.5, 0.6) is 0 Å². The molecule has 2 amide bonds. The SMILES string of the molecule is CCNC(=O)NC1CC2CNC1C2. The standard InChI is InChI=1S/C9H17N3O/c1-2-10-9(13)12-8-4-6-3-7(8)11-5-6/h6-8,11H,2-5H2,1H3,(H2,10,12,13). The van der Waals surface area contributed by atoms with E-state index in [1.807, 2.05) is 6.92 Å². The number of fused-ring (bicyclic) bond motifs is 2. The molecule has 3 N–H and O–H groups in total. The van der Waals surface area contributed by atoms with Gasteiger partial charge in [-0.1, -0.05) is 0 Å². The van der Waals surface area contributed by atoms with Gasteiger partial charge in [-0.25, -0.2) is 4.79 Å². The van der Waals surface area contributed by atoms with Crippen molar-refractivity contribution in [1.29, 1.82) is 0 Å². The third-order valence-electron chi connectivity index (χ3n) is 2.98. The van der Waals surface area contributed by atoms with Crippen LogP contribution < -0.4 is 16.0 Å². The lowest BCUT2D eigenvalue weighted by molar-refractivity contribution is 0.233. The van der Waals surface area contributed by atoms with Gasteiger partial charge in [-0.15, -0.1) is 0 Å². The fourth-order valence-electron chi connectivity index (χ4n) is 2.39. The highest BCUT2D eigenvalue weighted by molar-refractivity contribution is 5.74. The molecule has 74 valence electrons. The van der Waals surface area contributed by atoms with Crippen LogP contribution in [0.15, 0.2) is 0 Å². The van der Waals surface area contributed by atoms with Crippen LogP contribution in [-0.4, -0.2) is 31.2 Å². The number of hydrogen-bond donors (Lipinski definition) is 3. The number of urea groups is 1. The molecule has 1 saturated carbocycles. The highest BCUT2D eigenvalue weighted by Gasteiger charge is 2.39. The van der Waals surface area contributed by atoms with Crippen LogP contribution in [0.3, 0.4) is 0 Å². The smallest absolute Gasteiger partial charge is 0.315 e. The Hall–Kier alpha value is -0.770. The number of carbonyl (C=O) groups is 1. The Kier molecular flexibility index (Phi) is 2.40. The zero-order valence-corrected chi connectivity index (χ0v) is 7.97. The Labute approximate surface area is 78.5 Å². The molecule has 3 atom stereocenters. The zero-order chi connectivity index (χ0) is 9.26. The first kappa shape index (κ1) is 8.81. The van der Waals surface area contributed by atoms with Gasteiger partial charge in [-0.3, -0.25) is 0 Å². The number of hydrogen-bond acceptors (Lipinski definition) is 2. The molecule has 0 aromatic rings. The fourth-order valence-corrected chi connectivity index (χ4v) is 2.39. The van der Waals surface area contributed by atoms with E-state index in [2.05, 4.69) is 16.0 Å². The van der Waals surface area contributed by atoms with Crippen LogP contribution in [0.25, 0.3) is 0 Å². The van der Waals surface area contributed by atoms with Crippen molar-refractivity contribution in [3.05, 3.63) is 0 Å². The summed E-state index contributed by atoms with van der Waals surface area (Å²) in [7, 11) is 0. The second kappa shape index (κ2) is 3.54. The average Bonchev–Trinajstić information content (AvgIpc) is 2.65. The van der Waals surface area contributed by atoms with E-state index in [1.165, 1.54) is 6.42 Å². The Morgan fingerprint density at radius 3 is 2.92 bits per heavy atom. The molecular formula is C9H17N3O. The van der Waals surface area contributed by atoms with Crippen molar-refractivity contribution in [2.45, 2.75) is 31.8 Å². The van der Waals surface area contributed by atoms with E-state index in [9.17, 15) is 4.79 Å². The molecule has 4 heteroatoms. The molecule has 1 heterocycles. The Morgan fingerprint density at radius 2 is 2.38 bits per heavy atom. The van der Waals surface area contributed by atoms with Crippen LogP contribution in [0.2, 0.25) is 0 Å². The predicted octanol–water partition coefficient (Wildman–Crippen LogP) is 0.0559. The molecular weight excluding hydrogens is 166 g/mol. The molecule has 0 spiro atoms. The summed E-state index contributed by atoms with van der Waals surface area (Å²) in [5.74, 6) is 0.789. The molecule has 0 radical (unpaired) electrons. The molecule has 13 heavy (non-hydrogen) atoms. The first-order chi connectivity index (χ1) is 6.29. The minimum absolute atomic E-state index is 0.0261. The zero-order valence-electron chi connectivity index (χ0n) is 7.97. The summed E-state index contributed by atoms with van der Waals surface area (Å²) in [5, 5.41) is 9.16. The second-order valence-corrected chi connectivity index (χ2v) is 3.96. The van der Waals surface area contributed by atoms with E-state index in [1.54, 1.807) is 0 Å². The highest BCUT2D eigenvalue weighted by atomic mass is 16.2. The van der Waals surface area contributed by atoms with E-state index in [4.69, 9.17) is 0 Å². The van der Waals surface area contributed by atoms with Crippen molar-refractivity contribution in [3.8, 4) is 0 Å². The Balaban J connectivity index is 1.79. The average molecular weight is 183 g/mol. The van der Waals surface area contributed by atoms with Gasteiger partial charge in [0.05, 0.1) is 0 Å². The van der Waals surface area contributed by atoms with Gasteiger partial charge in [0.1, 0.15) is 0 Å². The number of rotatable bonds is 2. The maximum Gasteiger partial charge on any atom is 0.315 e. The van der Waals surface area contributed by atoms with Crippen molar-refractivity contribution in [3.63, 3.8) is 0 Å². The van der Waals surface area contributed by atoms with Crippen LogP contribution in [0.1, 0.15) is 19.8 Å². The van der Waals surface area contributed by atoms with E-state index < -0.39 is 0 Å². The van der Waals surface area contributed by atoms with Crippen LogP contribution in [0, 0.1) is 5.92 Å². The van der Waals surface area contributed by atoms with Crippen LogP contribution >= 0.6 is 0 Å². The van der Waals surface area contributed by atoms with E-state index in [0.717, 1.165) is 18.9 Å². The van der Waals surface area contributed by atoms with Crippen molar-refractivity contribution in [2.24, 2.45) is 5.92 Å². The van der Waals surface area contributed by atoms with E-state index >= 15 is 0 Å². The summed E-state index contributed by atoms with van der Waals surface area (Å²) in [6.45, 7) is 3.76. The van der Waals surface area contributed by atoms with Gasteiger partial charge in [-0.2, -0.15) is 0 Å². The second-order valence-electron chi connectivity index (χ2n) is 3.96. The summed E-state index contributed by atoms with van der Waals surface area (Å²) < 4.78 is 0. The van der Waals surface area contributed by atoms with Gasteiger partial charge >= 0.3 is 6.03 Å². The molecule has 2 aliphatic rings. The summed E-state index contributed by atoms with van der Waals surface area (Å²) in [4.78, 5) is 11.2. The molecule has 0 aromatic heterocycles. The van der Waals surface area contributed by atoms with Crippen molar-refractivity contribution >= 4 is 6.03 Å². The monoisotopic (exact) mass is 183 g/mol. The molecule has 4 nitrogen and oxygen atoms in total. The topological polar surface area (TPSA) is 53.2 Å². The summed E-state index contributed by atoms with van der Waals surface area (Å²) in [6, 6.07) is 0.847. The minimum Gasteiger partial charge on any atom is -0.338 e. The molecule has 1 aliphatic carbocycles. The quantitative estimate of drug-likeness (QED) is 0.567. The van der Waals surface area contributed by atoms with Crippen molar-refractivity contribution in [1.82, 2.24) is 16.0 Å². The molecule has 2 bridgehead atoms. The third kappa shape index (κ3) is 1.77. The van der Waals surface area contributed by atoms with E-state index in [-0.39, 0.29) is 6.03 Å². The molecule has 2 fully saturated rings. The number of piperidine rings is 1. The van der Waals surface area contributed by atoms with Crippen molar-refractivity contribution < 1.29 is 4.79 Å². The van der Waals surface area contributed by atoms with Gasteiger partial charge in [0.15, 0.2) is 0 Å². The van der Waals surface area contributed by atoms with E-state index in [0.29, 0.717) is 18.6 Å². The largest absolute Gasteiger partial charge is 0.338 e. The molecule has 1 saturated heterocycles. The highest BCUT2D eigenvalue weighted by Crippen LogP contribution is 2.30. The maximum absolute atomic E-state index is 11.2. The van der Waals surface area contributed by atoms with Gasteiger partial charge in [0.2, 0.25) is 0 Å². The van der Waals surface area contributed by atoms with Crippen LogP contribution in [0.4, 0.5) is 4.79 Å². The first-order valence-electron chi connectivity index (χ1n) is 5.07. The minimum atomic E-state index is -0.0261. The molecule has 3 unspecified atom stereocenters. The number of carbonyl (C=O) groups excluding carboxylic acids is 1. The predicted molar refractivity (Wildman–Crippen MR) is 50.5 cm³/mol. The van der Waals surface area contributed by atoms with Crippen molar-refractivity contribution in [2.75, 3.05) is 13.1 Å². The van der Waals surface area contributed by atoms with Gasteiger partial charge in [0, 0.05) is 18.6 Å². The Morgan fingerprint density at radius 1 is 1.54 bits per heavy atom. The summed E-state index contributed by atoms with van der Waals surface area (Å²) in [6.07, 6.45) is 2.38. The number of amides is 2. The lowest BCUT2D eigenvalue weighted by atomic mass is 10.1. The van der Waals surface area contributed by atoms with Gasteiger partial charge < -0.3 is 16.0 Å². The lowest BCUT2D eigenvalue weighted by Crippen LogP contribution is -2.50. The first-order valence-corrected chi connectivity index (χ1v) is 5.07.